The molecule has 0 aromatic carbocycles. The molecule has 0 aromatic rings. The van der Waals surface area contributed by atoms with Crippen LogP contribution in [-0.2, 0) is 14.3 Å². The van der Waals surface area contributed by atoms with Crippen LogP contribution in [0.15, 0.2) is 36.5 Å². The first-order chi connectivity index (χ1) is 35.0. The first-order valence-corrected chi connectivity index (χ1v) is 31.7. The zero-order chi connectivity index (χ0) is 51.4. The molecule has 0 rings (SSSR count). The smallest absolute Gasteiger partial charge is 0.305 e. The van der Waals surface area contributed by atoms with E-state index in [4.69, 9.17) is 4.74 Å². The van der Waals surface area contributed by atoms with Gasteiger partial charge in [-0.25, -0.2) is 0 Å². The molecule has 0 aromatic heterocycles. The van der Waals surface area contributed by atoms with Gasteiger partial charge in [0.1, 0.15) is 0 Å². The second-order valence-corrected chi connectivity index (χ2v) is 21.7. The molecule has 2 atom stereocenters. The third-order valence-electron chi connectivity index (χ3n) is 14.7. The Labute approximate surface area is 443 Å². The number of hydrogen-bond donors (Lipinski definition) is 3. The van der Waals surface area contributed by atoms with E-state index in [0.717, 1.165) is 51.4 Å². The standard InChI is InChI=1S/C65H123NO5/c1-3-5-7-9-11-13-15-17-18-19-20-24-27-30-34-37-41-45-49-53-57-63(68)62(61-67)66-64(69)58-54-50-46-42-38-35-31-28-25-22-21-23-26-29-32-36-40-44-48-52-56-60-71-65(70)59-55-51-47-43-39-33-16-14-12-10-8-6-4-2/h14,16,36,40,48,52,62-63,67-68H,3-13,15,17-35,37-39,41-47,49-51,53-61H2,1-2H3,(H,66,69)/b16-14-,40-36-,52-48-. The van der Waals surface area contributed by atoms with Crippen molar-refractivity contribution in [2.24, 2.45) is 0 Å². The Morgan fingerprint density at radius 3 is 1.10 bits per heavy atom. The van der Waals surface area contributed by atoms with Crippen LogP contribution in [-0.4, -0.2) is 47.4 Å². The van der Waals surface area contributed by atoms with Gasteiger partial charge in [-0.2, -0.15) is 0 Å². The van der Waals surface area contributed by atoms with Crippen LogP contribution in [0.2, 0.25) is 0 Å². The second-order valence-electron chi connectivity index (χ2n) is 21.7. The van der Waals surface area contributed by atoms with Crippen LogP contribution in [0.3, 0.4) is 0 Å². The molecule has 418 valence electrons. The average molecular weight is 999 g/mol. The molecule has 0 radical (unpaired) electrons. The maximum Gasteiger partial charge on any atom is 0.305 e. The number of aliphatic hydroxyl groups excluding tert-OH is 2. The molecule has 6 nitrogen and oxygen atoms in total. The lowest BCUT2D eigenvalue weighted by molar-refractivity contribution is -0.143. The number of allylic oxidation sites excluding steroid dienone is 5. The molecule has 0 saturated heterocycles. The van der Waals surface area contributed by atoms with Gasteiger partial charge >= 0.3 is 5.97 Å². The Morgan fingerprint density at radius 1 is 0.394 bits per heavy atom. The molecular formula is C65H123NO5. The fourth-order valence-electron chi connectivity index (χ4n) is 9.83. The number of nitrogens with one attached hydrogen (secondary N) is 1. The fraction of sp³-hybridized carbons (Fsp3) is 0.877. The van der Waals surface area contributed by atoms with Gasteiger partial charge in [0, 0.05) is 12.8 Å². The fourth-order valence-corrected chi connectivity index (χ4v) is 9.83. The molecule has 71 heavy (non-hydrogen) atoms. The van der Waals surface area contributed by atoms with Crippen LogP contribution in [0.25, 0.3) is 0 Å². The van der Waals surface area contributed by atoms with Crippen LogP contribution in [0, 0.1) is 0 Å². The van der Waals surface area contributed by atoms with Gasteiger partial charge in [0.2, 0.25) is 5.91 Å². The first kappa shape index (κ1) is 69.1. The molecule has 0 fully saturated rings. The summed E-state index contributed by atoms with van der Waals surface area (Å²) < 4.78 is 5.41. The Bertz CT molecular complexity index is 1150. The summed E-state index contributed by atoms with van der Waals surface area (Å²) in [6, 6.07) is -0.547. The van der Waals surface area contributed by atoms with E-state index in [1.165, 1.54) is 257 Å². The number of esters is 1. The molecule has 0 bridgehead atoms. The summed E-state index contributed by atoms with van der Waals surface area (Å²) in [6.45, 7) is 4.85. The summed E-state index contributed by atoms with van der Waals surface area (Å²) in [5.74, 6) is -0.0812. The van der Waals surface area contributed by atoms with Crippen LogP contribution in [0.5, 0.6) is 0 Å². The van der Waals surface area contributed by atoms with Crippen molar-refractivity contribution in [1.82, 2.24) is 5.32 Å². The third kappa shape index (κ3) is 57.2. The number of ether oxygens (including phenoxy) is 1. The van der Waals surface area contributed by atoms with Gasteiger partial charge in [-0.15, -0.1) is 0 Å². The van der Waals surface area contributed by atoms with Crippen molar-refractivity contribution in [2.45, 2.75) is 353 Å². The molecule has 2 unspecified atom stereocenters. The van der Waals surface area contributed by atoms with Gasteiger partial charge in [-0.3, -0.25) is 9.59 Å². The maximum absolute atomic E-state index is 12.5. The van der Waals surface area contributed by atoms with E-state index >= 15 is 0 Å². The monoisotopic (exact) mass is 998 g/mol. The molecule has 0 saturated carbocycles. The van der Waals surface area contributed by atoms with Crippen LogP contribution < -0.4 is 5.32 Å². The van der Waals surface area contributed by atoms with Crippen LogP contribution >= 0.6 is 0 Å². The average Bonchev–Trinajstić information content (AvgIpc) is 3.37. The summed E-state index contributed by atoms with van der Waals surface area (Å²) in [5.41, 5.74) is 0. The van der Waals surface area contributed by atoms with E-state index in [1.807, 2.05) is 0 Å². The number of hydrogen-bond acceptors (Lipinski definition) is 5. The predicted molar refractivity (Wildman–Crippen MR) is 310 cm³/mol. The molecule has 0 aliphatic rings. The number of rotatable bonds is 59. The van der Waals surface area contributed by atoms with Gasteiger partial charge in [0.25, 0.3) is 0 Å². The molecule has 0 aliphatic carbocycles. The van der Waals surface area contributed by atoms with Gasteiger partial charge in [-0.1, -0.05) is 294 Å². The van der Waals surface area contributed by atoms with Crippen molar-refractivity contribution in [3.8, 4) is 0 Å². The first-order valence-electron chi connectivity index (χ1n) is 31.7. The summed E-state index contributed by atoms with van der Waals surface area (Å²) in [5, 5.41) is 23.4. The highest BCUT2D eigenvalue weighted by molar-refractivity contribution is 5.76. The molecule has 1 amide bonds. The summed E-state index contributed by atoms with van der Waals surface area (Å²) >= 11 is 0. The van der Waals surface area contributed by atoms with Crippen molar-refractivity contribution < 1.29 is 24.5 Å². The van der Waals surface area contributed by atoms with E-state index in [-0.39, 0.29) is 18.5 Å². The highest BCUT2D eigenvalue weighted by Gasteiger charge is 2.20. The van der Waals surface area contributed by atoms with Crippen molar-refractivity contribution in [3.05, 3.63) is 36.5 Å². The van der Waals surface area contributed by atoms with E-state index < -0.39 is 12.1 Å². The third-order valence-corrected chi connectivity index (χ3v) is 14.7. The minimum absolute atomic E-state index is 0.0370. The zero-order valence-electron chi connectivity index (χ0n) is 47.7. The van der Waals surface area contributed by atoms with Gasteiger partial charge in [0.15, 0.2) is 0 Å². The molecule has 0 spiro atoms. The highest BCUT2D eigenvalue weighted by Crippen LogP contribution is 2.18. The quantitative estimate of drug-likeness (QED) is 0.0321. The van der Waals surface area contributed by atoms with Crippen molar-refractivity contribution in [1.29, 1.82) is 0 Å². The van der Waals surface area contributed by atoms with Crippen molar-refractivity contribution in [2.75, 3.05) is 13.2 Å². The maximum atomic E-state index is 12.5. The zero-order valence-corrected chi connectivity index (χ0v) is 47.7. The van der Waals surface area contributed by atoms with E-state index in [0.29, 0.717) is 25.9 Å². The lowest BCUT2D eigenvalue weighted by Gasteiger charge is -2.22. The molecular weight excluding hydrogens is 875 g/mol. The van der Waals surface area contributed by atoms with Crippen molar-refractivity contribution in [3.63, 3.8) is 0 Å². The predicted octanol–water partition coefficient (Wildman–Crippen LogP) is 20.0. The van der Waals surface area contributed by atoms with Gasteiger partial charge < -0.3 is 20.3 Å². The van der Waals surface area contributed by atoms with Crippen LogP contribution in [0.1, 0.15) is 341 Å². The Hall–Kier alpha value is -1.92. The summed E-state index contributed by atoms with van der Waals surface area (Å²) in [7, 11) is 0. The summed E-state index contributed by atoms with van der Waals surface area (Å²) in [6.07, 6.45) is 76.0. The van der Waals surface area contributed by atoms with Crippen molar-refractivity contribution >= 4 is 11.9 Å². The Morgan fingerprint density at radius 2 is 0.704 bits per heavy atom. The SMILES string of the molecule is CCCCCC/C=C\CCCCCCCC(=O)OCC/C=C\C/C=C\CCCCCCCCCCCCCCCCC(=O)NC(CO)C(O)CCCCCCCCCCCCCCCCCCCCCC. The minimum Gasteiger partial charge on any atom is -0.465 e. The number of carbonyl (C=O) groups excluding carboxylic acids is 2. The highest BCUT2D eigenvalue weighted by atomic mass is 16.5. The lowest BCUT2D eigenvalue weighted by atomic mass is 10.0. The topological polar surface area (TPSA) is 95.9 Å². The normalized spacial score (nSPS) is 12.8. The molecule has 0 aliphatic heterocycles. The largest absolute Gasteiger partial charge is 0.465 e. The molecule has 0 heterocycles. The lowest BCUT2D eigenvalue weighted by Crippen LogP contribution is -2.45. The Balaban J connectivity index is 3.46. The van der Waals surface area contributed by atoms with E-state index in [9.17, 15) is 19.8 Å². The summed E-state index contributed by atoms with van der Waals surface area (Å²) in [4.78, 5) is 24.5. The number of carbonyl (C=O) groups is 2. The number of amides is 1. The van der Waals surface area contributed by atoms with E-state index in [2.05, 4.69) is 55.6 Å². The molecule has 3 N–H and O–H groups in total. The van der Waals surface area contributed by atoms with E-state index in [1.54, 1.807) is 0 Å². The second kappa shape index (κ2) is 60.6. The number of unbranched alkanes of at least 4 members (excludes halogenated alkanes) is 42. The Kier molecular flexibility index (Phi) is 59.0. The molecule has 6 heteroatoms. The van der Waals surface area contributed by atoms with Crippen LogP contribution in [0.4, 0.5) is 0 Å². The number of aliphatic hydroxyl groups is 2. The minimum atomic E-state index is -0.669. The van der Waals surface area contributed by atoms with Gasteiger partial charge in [-0.05, 0) is 70.6 Å². The van der Waals surface area contributed by atoms with Gasteiger partial charge in [0.05, 0.1) is 25.4 Å².